The van der Waals surface area contributed by atoms with Crippen molar-refractivity contribution >= 4 is 5.71 Å². The highest BCUT2D eigenvalue weighted by atomic mass is 14.7. The fourth-order valence-corrected chi connectivity index (χ4v) is 1.00. The van der Waals surface area contributed by atoms with Crippen molar-refractivity contribution in [3.05, 3.63) is 0 Å². The van der Waals surface area contributed by atoms with E-state index in [2.05, 4.69) is 32.7 Å². The van der Waals surface area contributed by atoms with Crippen LogP contribution in [-0.2, 0) is 0 Å². The normalized spacial score (nSPS) is 15.6. The van der Waals surface area contributed by atoms with Gasteiger partial charge in [-0.15, -0.1) is 0 Å². The summed E-state index contributed by atoms with van der Waals surface area (Å²) in [4.78, 5) is 4.25. The largest absolute Gasteiger partial charge is 0.297 e. The first-order valence-electron chi connectivity index (χ1n) is 4.56. The van der Waals surface area contributed by atoms with Gasteiger partial charge in [-0.1, -0.05) is 27.7 Å². The topological polar surface area (TPSA) is 12.4 Å². The second-order valence-electron chi connectivity index (χ2n) is 3.57. The quantitative estimate of drug-likeness (QED) is 0.553. The maximum atomic E-state index is 4.25. The van der Waals surface area contributed by atoms with Gasteiger partial charge in [-0.05, 0) is 24.7 Å². The van der Waals surface area contributed by atoms with E-state index < -0.39 is 0 Å². The van der Waals surface area contributed by atoms with Crippen molar-refractivity contribution in [1.82, 2.24) is 0 Å². The molecule has 1 nitrogen and oxygen atoms in total. The standard InChI is InChI=1S/C10H21N/c1-6-10(11-5)7-9(4)8(2)3/h8-9H,6-7H2,1-5H3. The maximum absolute atomic E-state index is 4.25. The molecular weight excluding hydrogens is 134 g/mol. The van der Waals surface area contributed by atoms with E-state index in [0.717, 1.165) is 18.3 Å². The van der Waals surface area contributed by atoms with E-state index in [4.69, 9.17) is 0 Å². The van der Waals surface area contributed by atoms with Gasteiger partial charge in [-0.2, -0.15) is 0 Å². The summed E-state index contributed by atoms with van der Waals surface area (Å²) >= 11 is 0. The van der Waals surface area contributed by atoms with Gasteiger partial charge in [-0.25, -0.2) is 0 Å². The summed E-state index contributed by atoms with van der Waals surface area (Å²) in [5.41, 5.74) is 1.35. The third-order valence-electron chi connectivity index (χ3n) is 2.42. The van der Waals surface area contributed by atoms with Gasteiger partial charge in [0, 0.05) is 12.8 Å². The molecule has 1 unspecified atom stereocenters. The van der Waals surface area contributed by atoms with Crippen LogP contribution in [0.1, 0.15) is 40.5 Å². The number of rotatable bonds is 4. The van der Waals surface area contributed by atoms with E-state index in [1.807, 2.05) is 7.05 Å². The molecule has 0 radical (unpaired) electrons. The molecule has 0 saturated carbocycles. The number of nitrogens with zero attached hydrogens (tertiary/aromatic N) is 1. The molecule has 0 aromatic rings. The Bertz CT molecular complexity index is 125. The van der Waals surface area contributed by atoms with Crippen LogP contribution in [0.2, 0.25) is 0 Å². The van der Waals surface area contributed by atoms with Crippen molar-refractivity contribution in [1.29, 1.82) is 0 Å². The average molecular weight is 155 g/mol. The van der Waals surface area contributed by atoms with Crippen LogP contribution >= 0.6 is 0 Å². The highest BCUT2D eigenvalue weighted by Gasteiger charge is 2.08. The van der Waals surface area contributed by atoms with Crippen molar-refractivity contribution in [2.24, 2.45) is 16.8 Å². The fourth-order valence-electron chi connectivity index (χ4n) is 1.00. The highest BCUT2D eigenvalue weighted by molar-refractivity contribution is 5.84. The highest BCUT2D eigenvalue weighted by Crippen LogP contribution is 2.15. The Kier molecular flexibility index (Phi) is 5.18. The molecule has 1 atom stereocenters. The molecular formula is C10H21N. The Labute approximate surface area is 70.9 Å². The third-order valence-corrected chi connectivity index (χ3v) is 2.42. The summed E-state index contributed by atoms with van der Waals surface area (Å²) < 4.78 is 0. The van der Waals surface area contributed by atoms with E-state index >= 15 is 0 Å². The molecule has 66 valence electrons. The van der Waals surface area contributed by atoms with Gasteiger partial charge in [0.15, 0.2) is 0 Å². The lowest BCUT2D eigenvalue weighted by molar-refractivity contribution is 0.431. The zero-order chi connectivity index (χ0) is 8.85. The monoisotopic (exact) mass is 155 g/mol. The molecule has 0 aromatic carbocycles. The predicted octanol–water partition coefficient (Wildman–Crippen LogP) is 3.15. The van der Waals surface area contributed by atoms with Gasteiger partial charge in [0.25, 0.3) is 0 Å². The Hall–Kier alpha value is -0.330. The second kappa shape index (κ2) is 5.34. The molecule has 0 saturated heterocycles. The summed E-state index contributed by atoms with van der Waals surface area (Å²) in [6.07, 6.45) is 2.28. The minimum atomic E-state index is 0.772. The molecule has 0 aromatic heterocycles. The zero-order valence-corrected chi connectivity index (χ0v) is 8.52. The number of hydrogen-bond donors (Lipinski definition) is 0. The zero-order valence-electron chi connectivity index (χ0n) is 8.52. The first-order valence-corrected chi connectivity index (χ1v) is 4.56. The Balaban J connectivity index is 3.82. The molecule has 1 heteroatoms. The molecule has 0 fully saturated rings. The van der Waals surface area contributed by atoms with E-state index in [1.54, 1.807) is 0 Å². The van der Waals surface area contributed by atoms with Gasteiger partial charge in [0.2, 0.25) is 0 Å². The molecule has 0 spiro atoms. The lowest BCUT2D eigenvalue weighted by atomic mass is 9.92. The molecule has 0 aliphatic rings. The molecule has 0 aliphatic heterocycles. The predicted molar refractivity (Wildman–Crippen MR) is 52.3 cm³/mol. The first-order chi connectivity index (χ1) is 5.11. The SMILES string of the molecule is CCC(CC(C)C(C)C)=NC. The van der Waals surface area contributed by atoms with E-state index in [0.29, 0.717) is 0 Å². The number of aliphatic imine (C=N–C) groups is 1. The Morgan fingerprint density at radius 1 is 1.27 bits per heavy atom. The molecule has 11 heavy (non-hydrogen) atoms. The summed E-state index contributed by atoms with van der Waals surface area (Å²) in [6, 6.07) is 0. The van der Waals surface area contributed by atoms with Gasteiger partial charge in [-0.3, -0.25) is 4.99 Å². The maximum Gasteiger partial charge on any atom is 0.0276 e. The minimum Gasteiger partial charge on any atom is -0.297 e. The summed E-state index contributed by atoms with van der Waals surface area (Å²) in [7, 11) is 1.89. The van der Waals surface area contributed by atoms with Crippen molar-refractivity contribution in [2.75, 3.05) is 7.05 Å². The van der Waals surface area contributed by atoms with Crippen molar-refractivity contribution in [3.63, 3.8) is 0 Å². The molecule has 0 heterocycles. The van der Waals surface area contributed by atoms with E-state index in [1.165, 1.54) is 12.1 Å². The fraction of sp³-hybridized carbons (Fsp3) is 0.900. The van der Waals surface area contributed by atoms with Crippen LogP contribution in [-0.4, -0.2) is 12.8 Å². The number of hydrogen-bond acceptors (Lipinski definition) is 1. The minimum absolute atomic E-state index is 0.772. The van der Waals surface area contributed by atoms with E-state index in [-0.39, 0.29) is 0 Å². The lowest BCUT2D eigenvalue weighted by Crippen LogP contribution is -2.10. The second-order valence-corrected chi connectivity index (χ2v) is 3.57. The Morgan fingerprint density at radius 3 is 2.09 bits per heavy atom. The smallest absolute Gasteiger partial charge is 0.0276 e. The molecule has 0 bridgehead atoms. The molecule has 0 aliphatic carbocycles. The van der Waals surface area contributed by atoms with Crippen molar-refractivity contribution in [2.45, 2.75) is 40.5 Å². The van der Waals surface area contributed by atoms with Crippen LogP contribution in [0.3, 0.4) is 0 Å². The van der Waals surface area contributed by atoms with Crippen LogP contribution in [0.5, 0.6) is 0 Å². The van der Waals surface area contributed by atoms with E-state index in [9.17, 15) is 0 Å². The van der Waals surface area contributed by atoms with Gasteiger partial charge < -0.3 is 0 Å². The van der Waals surface area contributed by atoms with Crippen LogP contribution in [0.25, 0.3) is 0 Å². The average Bonchev–Trinajstić information content (AvgIpc) is 1.99. The van der Waals surface area contributed by atoms with Crippen LogP contribution < -0.4 is 0 Å². The van der Waals surface area contributed by atoms with Gasteiger partial charge in [0.05, 0.1) is 0 Å². The van der Waals surface area contributed by atoms with Gasteiger partial charge >= 0.3 is 0 Å². The summed E-state index contributed by atoms with van der Waals surface area (Å²) in [6.45, 7) is 9.02. The molecule has 0 N–H and O–H groups in total. The molecule has 0 rings (SSSR count). The first kappa shape index (κ1) is 10.7. The summed E-state index contributed by atoms with van der Waals surface area (Å²) in [5.74, 6) is 1.55. The van der Waals surface area contributed by atoms with Gasteiger partial charge in [0.1, 0.15) is 0 Å². The van der Waals surface area contributed by atoms with Crippen LogP contribution in [0.4, 0.5) is 0 Å². The third kappa shape index (κ3) is 4.18. The van der Waals surface area contributed by atoms with Crippen LogP contribution in [0.15, 0.2) is 4.99 Å². The van der Waals surface area contributed by atoms with Crippen molar-refractivity contribution in [3.8, 4) is 0 Å². The summed E-state index contributed by atoms with van der Waals surface area (Å²) in [5, 5.41) is 0. The lowest BCUT2D eigenvalue weighted by Gasteiger charge is -2.15. The molecule has 0 amide bonds. The Morgan fingerprint density at radius 2 is 1.82 bits per heavy atom. The van der Waals surface area contributed by atoms with Crippen molar-refractivity contribution < 1.29 is 0 Å². The van der Waals surface area contributed by atoms with Crippen LogP contribution in [0, 0.1) is 11.8 Å².